The van der Waals surface area contributed by atoms with Crippen LogP contribution in [-0.2, 0) is 6.54 Å². The van der Waals surface area contributed by atoms with Crippen LogP contribution in [0.5, 0.6) is 11.5 Å². The molecular formula is C24H18FN3O2. The number of hydrogen-bond acceptors (Lipinski definition) is 4. The lowest BCUT2D eigenvalue weighted by Gasteiger charge is -2.11. The van der Waals surface area contributed by atoms with E-state index >= 15 is 0 Å². The van der Waals surface area contributed by atoms with Crippen molar-refractivity contribution in [1.82, 2.24) is 15.3 Å². The number of carbonyl (C=O) groups excluding carboxylic acids is 1. The van der Waals surface area contributed by atoms with E-state index < -0.39 is 0 Å². The van der Waals surface area contributed by atoms with Crippen LogP contribution in [0.4, 0.5) is 4.39 Å². The Morgan fingerprint density at radius 2 is 1.63 bits per heavy atom. The molecule has 0 unspecified atom stereocenters. The predicted octanol–water partition coefficient (Wildman–Crippen LogP) is 5.01. The van der Waals surface area contributed by atoms with Gasteiger partial charge in [-0.05, 0) is 54.6 Å². The fourth-order valence-electron chi connectivity index (χ4n) is 2.90. The maximum Gasteiger partial charge on any atom is 0.255 e. The number of nitrogens with one attached hydrogen (secondary N) is 1. The fourth-order valence-corrected chi connectivity index (χ4v) is 2.90. The van der Waals surface area contributed by atoms with Gasteiger partial charge in [0.2, 0.25) is 0 Å². The third kappa shape index (κ3) is 4.67. The Kier molecular flexibility index (Phi) is 5.75. The second kappa shape index (κ2) is 8.96. The van der Waals surface area contributed by atoms with Crippen LogP contribution < -0.4 is 10.1 Å². The van der Waals surface area contributed by atoms with E-state index in [1.165, 1.54) is 18.5 Å². The van der Waals surface area contributed by atoms with Gasteiger partial charge in [-0.3, -0.25) is 4.79 Å². The second-order valence-corrected chi connectivity index (χ2v) is 6.50. The first kappa shape index (κ1) is 19.3. The molecule has 0 aliphatic rings. The maximum atomic E-state index is 13.1. The lowest BCUT2D eigenvalue weighted by molar-refractivity contribution is 0.0948. The first-order valence-electron chi connectivity index (χ1n) is 9.36. The van der Waals surface area contributed by atoms with Gasteiger partial charge in [0, 0.05) is 5.56 Å². The maximum absolute atomic E-state index is 13.1. The van der Waals surface area contributed by atoms with Gasteiger partial charge in [-0.1, -0.05) is 30.3 Å². The minimum absolute atomic E-state index is 0.217. The first-order chi connectivity index (χ1) is 14.7. The third-order valence-electron chi connectivity index (χ3n) is 4.40. The molecule has 1 N–H and O–H groups in total. The average molecular weight is 399 g/mol. The molecular weight excluding hydrogens is 381 g/mol. The van der Waals surface area contributed by atoms with Gasteiger partial charge in [-0.2, -0.15) is 0 Å². The summed E-state index contributed by atoms with van der Waals surface area (Å²) < 4.78 is 19.0. The van der Waals surface area contributed by atoms with Crippen molar-refractivity contribution in [3.63, 3.8) is 0 Å². The number of benzene rings is 3. The van der Waals surface area contributed by atoms with Gasteiger partial charge in [0.25, 0.3) is 5.91 Å². The van der Waals surface area contributed by atoms with Crippen LogP contribution >= 0.6 is 0 Å². The van der Waals surface area contributed by atoms with E-state index in [1.54, 1.807) is 36.4 Å². The van der Waals surface area contributed by atoms with Crippen molar-refractivity contribution in [1.29, 1.82) is 0 Å². The summed E-state index contributed by atoms with van der Waals surface area (Å²) in [4.78, 5) is 21.2. The van der Waals surface area contributed by atoms with Gasteiger partial charge >= 0.3 is 0 Å². The number of rotatable bonds is 6. The highest BCUT2D eigenvalue weighted by molar-refractivity contribution is 5.96. The smallest absolute Gasteiger partial charge is 0.255 e. The van der Waals surface area contributed by atoms with Crippen LogP contribution in [-0.4, -0.2) is 15.9 Å². The van der Waals surface area contributed by atoms with Crippen LogP contribution in [0.2, 0.25) is 0 Å². The molecule has 6 heteroatoms. The van der Waals surface area contributed by atoms with E-state index in [1.807, 2.05) is 36.4 Å². The number of aromatic nitrogens is 2. The van der Waals surface area contributed by atoms with Crippen LogP contribution in [0.25, 0.3) is 11.3 Å². The van der Waals surface area contributed by atoms with E-state index in [0.717, 1.165) is 5.56 Å². The summed E-state index contributed by atoms with van der Waals surface area (Å²) in [5.74, 6) is 0.536. The Hall–Kier alpha value is -4.06. The highest BCUT2D eigenvalue weighted by Crippen LogP contribution is 2.25. The molecule has 0 radical (unpaired) electrons. The van der Waals surface area contributed by atoms with Crippen molar-refractivity contribution in [2.75, 3.05) is 0 Å². The van der Waals surface area contributed by atoms with Crippen molar-refractivity contribution in [3.8, 4) is 22.8 Å². The lowest BCUT2D eigenvalue weighted by Crippen LogP contribution is -2.23. The van der Waals surface area contributed by atoms with Crippen LogP contribution in [0.15, 0.2) is 91.3 Å². The van der Waals surface area contributed by atoms with Gasteiger partial charge in [0.1, 0.15) is 23.6 Å². The zero-order chi connectivity index (χ0) is 20.8. The van der Waals surface area contributed by atoms with Crippen molar-refractivity contribution in [2.45, 2.75) is 6.54 Å². The van der Waals surface area contributed by atoms with E-state index in [9.17, 15) is 9.18 Å². The SMILES string of the molecule is O=C(NCc1cc(-c2ccc(F)cc2)ncn1)c1ccccc1Oc1ccccc1. The molecule has 3 aromatic carbocycles. The molecule has 0 aliphatic heterocycles. The van der Waals surface area contributed by atoms with E-state index in [0.29, 0.717) is 28.5 Å². The van der Waals surface area contributed by atoms with E-state index in [-0.39, 0.29) is 18.3 Å². The summed E-state index contributed by atoms with van der Waals surface area (Å²) >= 11 is 0. The third-order valence-corrected chi connectivity index (χ3v) is 4.40. The zero-order valence-electron chi connectivity index (χ0n) is 16.0. The largest absolute Gasteiger partial charge is 0.457 e. The fraction of sp³-hybridized carbons (Fsp3) is 0.0417. The minimum Gasteiger partial charge on any atom is -0.457 e. The van der Waals surface area contributed by atoms with Gasteiger partial charge in [-0.15, -0.1) is 0 Å². The molecule has 0 fully saturated rings. The second-order valence-electron chi connectivity index (χ2n) is 6.50. The molecule has 0 spiro atoms. The van der Waals surface area contributed by atoms with E-state index in [4.69, 9.17) is 4.74 Å². The molecule has 30 heavy (non-hydrogen) atoms. The summed E-state index contributed by atoms with van der Waals surface area (Å²) in [5.41, 5.74) is 2.49. The normalized spacial score (nSPS) is 10.4. The topological polar surface area (TPSA) is 64.1 Å². The highest BCUT2D eigenvalue weighted by atomic mass is 19.1. The Bertz CT molecular complexity index is 1150. The molecule has 4 aromatic rings. The van der Waals surface area contributed by atoms with Gasteiger partial charge < -0.3 is 10.1 Å². The molecule has 0 aliphatic carbocycles. The van der Waals surface area contributed by atoms with E-state index in [2.05, 4.69) is 15.3 Å². The van der Waals surface area contributed by atoms with Crippen molar-refractivity contribution in [2.24, 2.45) is 0 Å². The number of carbonyl (C=O) groups is 1. The Labute approximate surface area is 173 Å². The summed E-state index contributed by atoms with van der Waals surface area (Å²) in [6.45, 7) is 0.217. The molecule has 1 heterocycles. The van der Waals surface area contributed by atoms with Gasteiger partial charge in [-0.25, -0.2) is 14.4 Å². The quantitative estimate of drug-likeness (QED) is 0.495. The van der Waals surface area contributed by atoms with Gasteiger partial charge in [0.15, 0.2) is 0 Å². The molecule has 0 bridgehead atoms. The number of para-hydroxylation sites is 2. The monoisotopic (exact) mass is 399 g/mol. The summed E-state index contributed by atoms with van der Waals surface area (Å²) in [5, 5.41) is 2.86. The molecule has 1 aromatic heterocycles. The number of ether oxygens (including phenoxy) is 1. The number of amides is 1. The molecule has 5 nitrogen and oxygen atoms in total. The number of halogens is 1. The Morgan fingerprint density at radius 3 is 2.43 bits per heavy atom. The lowest BCUT2D eigenvalue weighted by atomic mass is 10.1. The van der Waals surface area contributed by atoms with Crippen molar-refractivity contribution < 1.29 is 13.9 Å². The van der Waals surface area contributed by atoms with Crippen molar-refractivity contribution >= 4 is 5.91 Å². The zero-order valence-corrected chi connectivity index (χ0v) is 16.0. The number of nitrogens with zero attached hydrogens (tertiary/aromatic N) is 2. The van der Waals surface area contributed by atoms with Crippen LogP contribution in [0, 0.1) is 5.82 Å². The van der Waals surface area contributed by atoms with Crippen molar-refractivity contribution in [3.05, 3.63) is 108 Å². The highest BCUT2D eigenvalue weighted by Gasteiger charge is 2.13. The molecule has 0 atom stereocenters. The predicted molar refractivity (Wildman–Crippen MR) is 112 cm³/mol. The summed E-state index contributed by atoms with van der Waals surface area (Å²) in [7, 11) is 0. The Morgan fingerprint density at radius 1 is 0.900 bits per heavy atom. The molecule has 4 rings (SSSR count). The van der Waals surface area contributed by atoms with Gasteiger partial charge in [0.05, 0.1) is 23.5 Å². The molecule has 148 valence electrons. The van der Waals surface area contributed by atoms with Crippen LogP contribution in [0.1, 0.15) is 16.1 Å². The average Bonchev–Trinajstić information content (AvgIpc) is 2.79. The molecule has 1 amide bonds. The minimum atomic E-state index is -0.309. The summed E-state index contributed by atoms with van der Waals surface area (Å²) in [6.07, 6.45) is 1.42. The number of hydrogen-bond donors (Lipinski definition) is 1. The first-order valence-corrected chi connectivity index (χ1v) is 9.36. The Balaban J connectivity index is 1.47. The molecule has 0 saturated heterocycles. The summed E-state index contributed by atoms with van der Waals surface area (Å²) in [6, 6.07) is 24.2. The molecule has 0 saturated carbocycles. The van der Waals surface area contributed by atoms with Crippen LogP contribution in [0.3, 0.4) is 0 Å². The standard InChI is InChI=1S/C24H18FN3O2/c25-18-12-10-17(11-13-18)22-14-19(27-16-28-22)15-26-24(29)21-8-4-5-9-23(21)30-20-6-2-1-3-7-20/h1-14,16H,15H2,(H,26,29).